The van der Waals surface area contributed by atoms with Gasteiger partial charge in [0.15, 0.2) is 0 Å². The largest absolute Gasteiger partial charge is 0.481 e. The third-order valence-corrected chi connectivity index (χ3v) is 3.46. The lowest BCUT2D eigenvalue weighted by Crippen LogP contribution is -2.41. The monoisotopic (exact) mass is 227 g/mol. The maximum Gasteiger partial charge on any atom is 0.315 e. The van der Waals surface area contributed by atoms with Crippen LogP contribution in [0.2, 0.25) is 0 Å². The zero-order valence-electron chi connectivity index (χ0n) is 10.1. The van der Waals surface area contributed by atoms with Crippen LogP contribution in [0.1, 0.15) is 45.4 Å². The summed E-state index contributed by atoms with van der Waals surface area (Å²) in [4.78, 5) is 24.2. The highest BCUT2D eigenvalue weighted by atomic mass is 16.4. The fraction of sp³-hybridized carbons (Fsp3) is 0.833. The number of carbonyl (C=O) groups excluding carboxylic acids is 1. The van der Waals surface area contributed by atoms with E-state index in [0.29, 0.717) is 0 Å². The lowest BCUT2D eigenvalue weighted by Gasteiger charge is -2.28. The van der Waals surface area contributed by atoms with Crippen molar-refractivity contribution in [3.05, 3.63) is 0 Å². The first-order valence-corrected chi connectivity index (χ1v) is 6.03. The number of amides is 1. The second-order valence-electron chi connectivity index (χ2n) is 4.65. The van der Waals surface area contributed by atoms with Crippen LogP contribution in [0, 0.1) is 5.92 Å². The second kappa shape index (κ2) is 5.87. The second-order valence-corrected chi connectivity index (χ2v) is 4.65. The van der Waals surface area contributed by atoms with E-state index >= 15 is 0 Å². The van der Waals surface area contributed by atoms with Crippen molar-refractivity contribution < 1.29 is 14.7 Å². The molecule has 16 heavy (non-hydrogen) atoms. The highest BCUT2D eigenvalue weighted by Crippen LogP contribution is 2.22. The summed E-state index contributed by atoms with van der Waals surface area (Å²) < 4.78 is 0. The highest BCUT2D eigenvalue weighted by molar-refractivity contribution is 5.96. The number of carbonyl (C=O) groups is 2. The van der Waals surface area contributed by atoms with E-state index in [9.17, 15) is 9.59 Å². The normalized spacial score (nSPS) is 19.9. The first-order chi connectivity index (χ1) is 7.54. The number of aliphatic carboxylic acids is 1. The van der Waals surface area contributed by atoms with Gasteiger partial charge in [-0.2, -0.15) is 0 Å². The van der Waals surface area contributed by atoms with Crippen molar-refractivity contribution in [3.63, 3.8) is 0 Å². The molecule has 0 heterocycles. The van der Waals surface area contributed by atoms with Crippen LogP contribution in [0.25, 0.3) is 0 Å². The van der Waals surface area contributed by atoms with Gasteiger partial charge in [0, 0.05) is 13.1 Å². The van der Waals surface area contributed by atoms with Crippen LogP contribution < -0.4 is 0 Å². The molecular formula is C12H21NO3. The number of nitrogens with zero attached hydrogens (tertiary/aromatic N) is 1. The Morgan fingerprint density at radius 1 is 1.19 bits per heavy atom. The number of hydrogen-bond donors (Lipinski definition) is 1. The average molecular weight is 227 g/mol. The predicted octanol–water partition coefficient (Wildman–Crippen LogP) is 1.89. The van der Waals surface area contributed by atoms with Gasteiger partial charge in [-0.3, -0.25) is 9.59 Å². The van der Waals surface area contributed by atoms with Gasteiger partial charge in [0.1, 0.15) is 5.92 Å². The van der Waals surface area contributed by atoms with Crippen molar-refractivity contribution in [1.82, 2.24) is 4.90 Å². The zero-order chi connectivity index (χ0) is 12.1. The maximum atomic E-state index is 11.8. The van der Waals surface area contributed by atoms with Crippen LogP contribution in [0.5, 0.6) is 0 Å². The maximum absolute atomic E-state index is 11.8. The molecule has 4 nitrogen and oxygen atoms in total. The van der Waals surface area contributed by atoms with Crippen LogP contribution in [0.3, 0.4) is 0 Å². The molecule has 1 rings (SSSR count). The van der Waals surface area contributed by atoms with E-state index in [1.807, 2.05) is 0 Å². The van der Waals surface area contributed by atoms with Gasteiger partial charge in [-0.1, -0.05) is 25.7 Å². The number of hydrogen-bond acceptors (Lipinski definition) is 2. The molecular weight excluding hydrogens is 206 g/mol. The first-order valence-electron chi connectivity index (χ1n) is 6.03. The molecule has 92 valence electrons. The van der Waals surface area contributed by atoms with Gasteiger partial charge in [0.05, 0.1) is 0 Å². The molecule has 1 atom stereocenters. The summed E-state index contributed by atoms with van der Waals surface area (Å²) >= 11 is 0. The molecule has 0 aromatic heterocycles. The Morgan fingerprint density at radius 2 is 1.69 bits per heavy atom. The Hall–Kier alpha value is -1.06. The summed E-state index contributed by atoms with van der Waals surface area (Å²) in [5.41, 5.74) is 0. The van der Waals surface area contributed by atoms with Gasteiger partial charge >= 0.3 is 5.97 Å². The van der Waals surface area contributed by atoms with Gasteiger partial charge in [-0.15, -0.1) is 0 Å². The molecule has 4 heteroatoms. The molecule has 0 aromatic carbocycles. The molecule has 1 unspecified atom stereocenters. The first kappa shape index (κ1) is 13.0. The van der Waals surface area contributed by atoms with Crippen LogP contribution in [-0.2, 0) is 9.59 Å². The molecule has 1 aliphatic rings. The Labute approximate surface area is 96.6 Å². The molecule has 1 amide bonds. The van der Waals surface area contributed by atoms with Crippen molar-refractivity contribution in [1.29, 1.82) is 0 Å². The lowest BCUT2D eigenvalue weighted by atomic mass is 10.0. The summed E-state index contributed by atoms with van der Waals surface area (Å²) in [7, 11) is 1.73. The Morgan fingerprint density at radius 3 is 2.12 bits per heavy atom. The Kier molecular flexibility index (Phi) is 4.77. The van der Waals surface area contributed by atoms with Gasteiger partial charge in [-0.25, -0.2) is 0 Å². The number of carboxylic acids is 1. The van der Waals surface area contributed by atoms with Gasteiger partial charge in [0.2, 0.25) is 5.91 Å². The van der Waals surface area contributed by atoms with Crippen molar-refractivity contribution in [3.8, 4) is 0 Å². The van der Waals surface area contributed by atoms with Crippen molar-refractivity contribution in [2.24, 2.45) is 5.92 Å². The molecule has 0 radical (unpaired) electrons. The molecule has 0 saturated heterocycles. The standard InChI is InChI=1S/C12H21NO3/c1-9(12(15)16)11(14)13(2)10-7-5-3-4-6-8-10/h9-10H,3-8H2,1-2H3,(H,15,16). The van der Waals surface area contributed by atoms with E-state index in [1.165, 1.54) is 19.8 Å². The SMILES string of the molecule is CC(C(=O)O)C(=O)N(C)C1CCCCCC1. The summed E-state index contributed by atoms with van der Waals surface area (Å²) in [5, 5.41) is 8.81. The summed E-state index contributed by atoms with van der Waals surface area (Å²) in [6, 6.07) is 0.233. The smallest absolute Gasteiger partial charge is 0.315 e. The minimum Gasteiger partial charge on any atom is -0.481 e. The molecule has 1 saturated carbocycles. The predicted molar refractivity (Wildman–Crippen MR) is 61.1 cm³/mol. The zero-order valence-corrected chi connectivity index (χ0v) is 10.1. The number of carboxylic acid groups (broad SMARTS) is 1. The minimum atomic E-state index is -1.04. The summed E-state index contributed by atoms with van der Waals surface area (Å²) in [6.07, 6.45) is 6.76. The average Bonchev–Trinajstić information content (AvgIpc) is 2.54. The van der Waals surface area contributed by atoms with Crippen LogP contribution in [0.4, 0.5) is 0 Å². The lowest BCUT2D eigenvalue weighted by molar-refractivity contribution is -0.150. The third-order valence-electron chi connectivity index (χ3n) is 3.46. The van der Waals surface area contributed by atoms with E-state index in [2.05, 4.69) is 0 Å². The van der Waals surface area contributed by atoms with Crippen LogP contribution >= 0.6 is 0 Å². The van der Waals surface area contributed by atoms with E-state index in [-0.39, 0.29) is 11.9 Å². The van der Waals surface area contributed by atoms with E-state index in [1.54, 1.807) is 11.9 Å². The quantitative estimate of drug-likeness (QED) is 0.591. The fourth-order valence-electron chi connectivity index (χ4n) is 2.24. The van der Waals surface area contributed by atoms with Gasteiger partial charge in [0.25, 0.3) is 0 Å². The van der Waals surface area contributed by atoms with Gasteiger partial charge < -0.3 is 10.0 Å². The van der Waals surface area contributed by atoms with Crippen molar-refractivity contribution in [2.45, 2.75) is 51.5 Å². The van der Waals surface area contributed by atoms with Crippen LogP contribution in [0.15, 0.2) is 0 Å². The highest BCUT2D eigenvalue weighted by Gasteiger charge is 2.28. The van der Waals surface area contributed by atoms with Crippen molar-refractivity contribution in [2.75, 3.05) is 7.05 Å². The van der Waals surface area contributed by atoms with Crippen molar-refractivity contribution >= 4 is 11.9 Å². The molecule has 0 aliphatic heterocycles. The van der Waals surface area contributed by atoms with E-state index in [4.69, 9.17) is 5.11 Å². The Bertz CT molecular complexity index is 257. The molecule has 1 aliphatic carbocycles. The van der Waals surface area contributed by atoms with Gasteiger partial charge in [-0.05, 0) is 19.8 Å². The molecule has 1 fully saturated rings. The molecule has 0 spiro atoms. The Balaban J connectivity index is 2.57. The minimum absolute atomic E-state index is 0.233. The third kappa shape index (κ3) is 3.22. The van der Waals surface area contributed by atoms with E-state index < -0.39 is 11.9 Å². The molecule has 0 aromatic rings. The summed E-state index contributed by atoms with van der Waals surface area (Å²) in [6.45, 7) is 1.46. The topological polar surface area (TPSA) is 57.6 Å². The van der Waals surface area contributed by atoms with E-state index in [0.717, 1.165) is 25.7 Å². The molecule has 1 N–H and O–H groups in total. The van der Waals surface area contributed by atoms with Crippen LogP contribution in [-0.4, -0.2) is 35.0 Å². The number of rotatable bonds is 3. The molecule has 0 bridgehead atoms. The fourth-order valence-corrected chi connectivity index (χ4v) is 2.24. The summed E-state index contributed by atoms with van der Waals surface area (Å²) in [5.74, 6) is -2.22.